The number of benzene rings is 1. The molecule has 7 heteroatoms. The van der Waals surface area contributed by atoms with E-state index in [9.17, 15) is 13.2 Å². The highest BCUT2D eigenvalue weighted by atomic mass is 35.5. The minimum Gasteiger partial charge on any atom is -0.369 e. The topological polar surface area (TPSA) is 32.5 Å². The van der Waals surface area contributed by atoms with Crippen LogP contribution in [0.2, 0.25) is 5.02 Å². The van der Waals surface area contributed by atoms with Gasteiger partial charge in [0, 0.05) is 36.9 Å². The fourth-order valence-electron chi connectivity index (χ4n) is 2.60. The fraction of sp³-hybridized carbons (Fsp3) is 0.571. The zero-order valence-electron chi connectivity index (χ0n) is 11.7. The third-order valence-electron chi connectivity index (χ3n) is 3.58. The summed E-state index contributed by atoms with van der Waals surface area (Å²) in [5, 5.41) is 0.628. The highest BCUT2D eigenvalue weighted by molar-refractivity contribution is 6.30. The van der Waals surface area contributed by atoms with Crippen molar-refractivity contribution in [2.45, 2.75) is 12.6 Å². The molecule has 0 atom stereocenters. The average Bonchev–Trinajstić information content (AvgIpc) is 2.40. The average molecular weight is 322 g/mol. The summed E-state index contributed by atoms with van der Waals surface area (Å²) < 4.78 is 37.2. The van der Waals surface area contributed by atoms with Crippen molar-refractivity contribution in [1.82, 2.24) is 4.90 Å². The summed E-state index contributed by atoms with van der Waals surface area (Å²) in [5.74, 6) is 0. The van der Waals surface area contributed by atoms with Crippen LogP contribution < -0.4 is 10.6 Å². The Morgan fingerprint density at radius 2 is 1.81 bits per heavy atom. The molecule has 118 valence electrons. The standard InChI is InChI=1S/C14H19ClF3N3/c15-12-2-1-11(3-4-19)13(9-12)21-7-5-20(6-8-21)10-14(16,17)18/h1-2,9H,3-8,10,19H2. The van der Waals surface area contributed by atoms with E-state index in [2.05, 4.69) is 4.90 Å². The minimum atomic E-state index is -4.14. The van der Waals surface area contributed by atoms with Crippen molar-refractivity contribution in [2.24, 2.45) is 5.73 Å². The molecule has 0 aromatic heterocycles. The summed E-state index contributed by atoms with van der Waals surface area (Å²) in [4.78, 5) is 3.52. The van der Waals surface area contributed by atoms with Gasteiger partial charge in [-0.3, -0.25) is 4.90 Å². The summed E-state index contributed by atoms with van der Waals surface area (Å²) in [7, 11) is 0. The van der Waals surface area contributed by atoms with Crippen molar-refractivity contribution < 1.29 is 13.2 Å². The number of hydrogen-bond donors (Lipinski definition) is 1. The van der Waals surface area contributed by atoms with Gasteiger partial charge in [-0.05, 0) is 30.7 Å². The molecule has 1 aromatic rings. The second kappa shape index (κ2) is 6.85. The van der Waals surface area contributed by atoms with E-state index in [-0.39, 0.29) is 0 Å². The van der Waals surface area contributed by atoms with E-state index < -0.39 is 12.7 Å². The van der Waals surface area contributed by atoms with E-state index in [0.717, 1.165) is 17.7 Å². The number of piperazine rings is 1. The van der Waals surface area contributed by atoms with Crippen LogP contribution in [0, 0.1) is 0 Å². The molecule has 1 saturated heterocycles. The lowest BCUT2D eigenvalue weighted by atomic mass is 10.1. The van der Waals surface area contributed by atoms with Gasteiger partial charge >= 0.3 is 6.18 Å². The SMILES string of the molecule is NCCc1ccc(Cl)cc1N1CCN(CC(F)(F)F)CC1. The summed E-state index contributed by atoms with van der Waals surface area (Å²) in [6.07, 6.45) is -3.40. The summed E-state index contributed by atoms with van der Waals surface area (Å²) in [6.45, 7) is 1.61. The first-order chi connectivity index (χ1) is 9.89. The Kier molecular flexibility index (Phi) is 5.35. The number of nitrogens with zero attached hydrogens (tertiary/aromatic N) is 2. The fourth-order valence-corrected chi connectivity index (χ4v) is 2.77. The molecule has 0 aliphatic carbocycles. The van der Waals surface area contributed by atoms with Crippen molar-refractivity contribution in [3.05, 3.63) is 28.8 Å². The van der Waals surface area contributed by atoms with Gasteiger partial charge in [0.1, 0.15) is 0 Å². The monoisotopic (exact) mass is 321 g/mol. The normalized spacial score (nSPS) is 17.3. The van der Waals surface area contributed by atoms with Crippen LogP contribution in [-0.4, -0.2) is 50.3 Å². The predicted molar refractivity (Wildman–Crippen MR) is 78.9 cm³/mol. The molecule has 0 radical (unpaired) electrons. The molecule has 1 aliphatic heterocycles. The van der Waals surface area contributed by atoms with Gasteiger partial charge in [0.15, 0.2) is 0 Å². The van der Waals surface area contributed by atoms with E-state index >= 15 is 0 Å². The van der Waals surface area contributed by atoms with Crippen LogP contribution in [0.15, 0.2) is 18.2 Å². The van der Waals surface area contributed by atoms with E-state index in [1.165, 1.54) is 4.90 Å². The molecule has 0 saturated carbocycles. The van der Waals surface area contributed by atoms with Crippen LogP contribution in [0.3, 0.4) is 0 Å². The molecule has 0 bridgehead atoms. The first-order valence-corrected chi connectivity index (χ1v) is 7.29. The lowest BCUT2D eigenvalue weighted by molar-refractivity contribution is -0.146. The van der Waals surface area contributed by atoms with Crippen molar-refractivity contribution in [1.29, 1.82) is 0 Å². The second-order valence-corrected chi connectivity index (χ2v) is 5.63. The largest absolute Gasteiger partial charge is 0.401 e. The number of anilines is 1. The molecular formula is C14H19ClF3N3. The Morgan fingerprint density at radius 3 is 2.38 bits per heavy atom. The van der Waals surface area contributed by atoms with Gasteiger partial charge < -0.3 is 10.6 Å². The van der Waals surface area contributed by atoms with Crippen LogP contribution in [0.1, 0.15) is 5.56 Å². The molecule has 21 heavy (non-hydrogen) atoms. The van der Waals surface area contributed by atoms with Crippen LogP contribution in [0.5, 0.6) is 0 Å². The van der Waals surface area contributed by atoms with Crippen molar-refractivity contribution in [3.63, 3.8) is 0 Å². The van der Waals surface area contributed by atoms with Gasteiger partial charge in [-0.15, -0.1) is 0 Å². The maximum absolute atomic E-state index is 12.4. The number of rotatable bonds is 4. The Balaban J connectivity index is 2.03. The maximum atomic E-state index is 12.4. The molecule has 1 fully saturated rings. The van der Waals surface area contributed by atoms with Gasteiger partial charge in [-0.25, -0.2) is 0 Å². The summed E-state index contributed by atoms with van der Waals surface area (Å²) >= 11 is 6.03. The summed E-state index contributed by atoms with van der Waals surface area (Å²) in [5.41, 5.74) is 7.68. The first kappa shape index (κ1) is 16.4. The van der Waals surface area contributed by atoms with Crippen molar-refractivity contribution in [2.75, 3.05) is 44.2 Å². The Bertz CT molecular complexity index is 471. The Labute approximate surface area is 127 Å². The number of alkyl halides is 3. The van der Waals surface area contributed by atoms with E-state index in [1.54, 1.807) is 0 Å². The molecule has 0 unspecified atom stereocenters. The first-order valence-electron chi connectivity index (χ1n) is 6.91. The van der Waals surface area contributed by atoms with E-state index in [0.29, 0.717) is 37.7 Å². The molecule has 1 aromatic carbocycles. The van der Waals surface area contributed by atoms with Gasteiger partial charge in [-0.1, -0.05) is 17.7 Å². The molecular weight excluding hydrogens is 303 g/mol. The van der Waals surface area contributed by atoms with E-state index in [1.807, 2.05) is 18.2 Å². The summed E-state index contributed by atoms with van der Waals surface area (Å²) in [6, 6.07) is 5.62. The second-order valence-electron chi connectivity index (χ2n) is 5.19. The molecule has 1 heterocycles. The Morgan fingerprint density at radius 1 is 1.14 bits per heavy atom. The highest BCUT2D eigenvalue weighted by Crippen LogP contribution is 2.27. The van der Waals surface area contributed by atoms with Gasteiger partial charge in [0.05, 0.1) is 6.54 Å². The van der Waals surface area contributed by atoms with Crippen molar-refractivity contribution >= 4 is 17.3 Å². The number of hydrogen-bond acceptors (Lipinski definition) is 3. The lowest BCUT2D eigenvalue weighted by Crippen LogP contribution is -2.49. The van der Waals surface area contributed by atoms with Gasteiger partial charge in [0.25, 0.3) is 0 Å². The third kappa shape index (κ3) is 4.76. The molecule has 0 spiro atoms. The molecule has 2 rings (SSSR count). The molecule has 1 aliphatic rings. The minimum absolute atomic E-state index is 0.397. The van der Waals surface area contributed by atoms with Crippen LogP contribution in [0.25, 0.3) is 0 Å². The molecule has 2 N–H and O–H groups in total. The molecule has 0 amide bonds. The predicted octanol–water partition coefficient (Wildman–Crippen LogP) is 2.53. The Hall–Kier alpha value is -0.980. The van der Waals surface area contributed by atoms with Crippen molar-refractivity contribution in [3.8, 4) is 0 Å². The molecule has 3 nitrogen and oxygen atoms in total. The van der Waals surface area contributed by atoms with Gasteiger partial charge in [0.2, 0.25) is 0 Å². The smallest absolute Gasteiger partial charge is 0.369 e. The zero-order chi connectivity index (χ0) is 15.5. The van der Waals surface area contributed by atoms with Crippen LogP contribution in [0.4, 0.5) is 18.9 Å². The number of halogens is 4. The van der Waals surface area contributed by atoms with Crippen LogP contribution >= 0.6 is 11.6 Å². The van der Waals surface area contributed by atoms with E-state index in [4.69, 9.17) is 17.3 Å². The zero-order valence-corrected chi connectivity index (χ0v) is 12.4. The quantitative estimate of drug-likeness (QED) is 0.925. The lowest BCUT2D eigenvalue weighted by Gasteiger charge is -2.37. The number of nitrogens with two attached hydrogens (primary N) is 1. The van der Waals surface area contributed by atoms with Gasteiger partial charge in [-0.2, -0.15) is 13.2 Å². The van der Waals surface area contributed by atoms with Crippen LogP contribution in [-0.2, 0) is 6.42 Å². The third-order valence-corrected chi connectivity index (χ3v) is 3.81. The maximum Gasteiger partial charge on any atom is 0.401 e. The highest BCUT2D eigenvalue weighted by Gasteiger charge is 2.32.